The van der Waals surface area contributed by atoms with E-state index in [4.69, 9.17) is 5.73 Å². The van der Waals surface area contributed by atoms with Gasteiger partial charge in [-0.1, -0.05) is 18.3 Å². The fraction of sp³-hybridized carbons (Fsp3) is 0.364. The Kier molecular flexibility index (Phi) is 1.59. The fourth-order valence-electron chi connectivity index (χ4n) is 2.28. The number of nitrogens with two attached hydrogens (primary N) is 1. The Morgan fingerprint density at radius 3 is 2.86 bits per heavy atom. The van der Waals surface area contributed by atoms with E-state index >= 15 is 0 Å². The molecule has 0 saturated carbocycles. The highest BCUT2D eigenvalue weighted by Gasteiger charge is 2.18. The molecule has 2 nitrogen and oxygen atoms in total. The molecule has 2 aromatic rings. The Morgan fingerprint density at radius 1 is 1.36 bits per heavy atom. The van der Waals surface area contributed by atoms with Crippen LogP contribution in [0.15, 0.2) is 12.1 Å². The van der Waals surface area contributed by atoms with Crippen molar-refractivity contribution in [3.63, 3.8) is 0 Å². The summed E-state index contributed by atoms with van der Waals surface area (Å²) in [7, 11) is 0. The van der Waals surface area contributed by atoms with Gasteiger partial charge in [0.1, 0.15) is 0 Å². The fourth-order valence-corrected chi connectivity index (χ4v) is 3.06. The topological polar surface area (TPSA) is 38.9 Å². The van der Waals surface area contributed by atoms with Crippen LogP contribution in [0.5, 0.6) is 0 Å². The second-order valence-corrected chi connectivity index (χ2v) is 5.22. The Bertz CT molecular complexity index is 458. The third-order valence-electron chi connectivity index (χ3n) is 2.86. The van der Waals surface area contributed by atoms with E-state index in [-0.39, 0.29) is 0 Å². The highest BCUT2D eigenvalue weighted by atomic mass is 32.1. The number of thiazole rings is 1. The van der Waals surface area contributed by atoms with Gasteiger partial charge < -0.3 is 5.73 Å². The van der Waals surface area contributed by atoms with E-state index in [1.165, 1.54) is 28.7 Å². The third-order valence-corrected chi connectivity index (χ3v) is 3.71. The molecule has 1 heterocycles. The monoisotopic (exact) mass is 204 g/mol. The molecule has 0 fully saturated rings. The first-order chi connectivity index (χ1) is 6.72. The van der Waals surface area contributed by atoms with E-state index in [0.717, 1.165) is 11.4 Å². The largest absolute Gasteiger partial charge is 0.375 e. The molecule has 1 aromatic carbocycles. The van der Waals surface area contributed by atoms with Crippen LogP contribution in [-0.4, -0.2) is 4.98 Å². The first-order valence-corrected chi connectivity index (χ1v) is 5.72. The lowest BCUT2D eigenvalue weighted by molar-refractivity contribution is 0.628. The number of hydrogen-bond donors (Lipinski definition) is 1. The van der Waals surface area contributed by atoms with Crippen molar-refractivity contribution in [1.82, 2.24) is 4.98 Å². The predicted molar refractivity (Wildman–Crippen MR) is 60.6 cm³/mol. The van der Waals surface area contributed by atoms with Gasteiger partial charge in [-0.05, 0) is 42.0 Å². The van der Waals surface area contributed by atoms with Gasteiger partial charge in [-0.3, -0.25) is 0 Å². The quantitative estimate of drug-likeness (QED) is 0.716. The predicted octanol–water partition coefficient (Wildman–Crippen LogP) is 2.61. The number of nitrogen functional groups attached to an aromatic ring is 1. The zero-order valence-corrected chi connectivity index (χ0v) is 8.90. The average Bonchev–Trinajstić information content (AvgIpc) is 2.59. The van der Waals surface area contributed by atoms with E-state index in [0.29, 0.717) is 5.13 Å². The number of hydrogen-bond acceptors (Lipinski definition) is 3. The summed E-state index contributed by atoms with van der Waals surface area (Å²) in [6, 6.07) is 4.48. The summed E-state index contributed by atoms with van der Waals surface area (Å²) in [6.45, 7) is 2.30. The molecule has 1 atom stereocenters. The summed E-state index contributed by atoms with van der Waals surface area (Å²) in [5.41, 5.74) is 9.72. The van der Waals surface area contributed by atoms with Crippen molar-refractivity contribution in [2.45, 2.75) is 19.8 Å². The SMILES string of the molecule is CC1Cc2cc3nc(N)sc3cc2C1. The van der Waals surface area contributed by atoms with Crippen molar-refractivity contribution in [2.24, 2.45) is 5.92 Å². The Morgan fingerprint density at radius 2 is 2.07 bits per heavy atom. The van der Waals surface area contributed by atoms with Gasteiger partial charge in [-0.25, -0.2) is 4.98 Å². The normalized spacial score (nSPS) is 20.2. The molecule has 0 spiro atoms. The van der Waals surface area contributed by atoms with Gasteiger partial charge in [0.05, 0.1) is 10.2 Å². The molecule has 0 radical (unpaired) electrons. The van der Waals surface area contributed by atoms with Crippen molar-refractivity contribution in [1.29, 1.82) is 0 Å². The van der Waals surface area contributed by atoms with Crippen molar-refractivity contribution < 1.29 is 0 Å². The van der Waals surface area contributed by atoms with Crippen LogP contribution in [0.1, 0.15) is 18.1 Å². The Balaban J connectivity index is 2.25. The summed E-state index contributed by atoms with van der Waals surface area (Å²) in [5, 5.41) is 0.678. The van der Waals surface area contributed by atoms with Gasteiger partial charge in [0, 0.05) is 0 Å². The summed E-state index contributed by atoms with van der Waals surface area (Å²) >= 11 is 1.59. The van der Waals surface area contributed by atoms with Crippen LogP contribution in [0.25, 0.3) is 10.2 Å². The second-order valence-electron chi connectivity index (χ2n) is 4.15. The van der Waals surface area contributed by atoms with Crippen molar-refractivity contribution in [3.05, 3.63) is 23.3 Å². The van der Waals surface area contributed by atoms with E-state index < -0.39 is 0 Å². The molecule has 72 valence electrons. The standard InChI is InChI=1S/C11H12N2S/c1-6-2-7-4-9-10(5-8(7)3-6)14-11(12)13-9/h4-6H,2-3H2,1H3,(H2,12,13). The maximum Gasteiger partial charge on any atom is 0.181 e. The minimum Gasteiger partial charge on any atom is -0.375 e. The lowest BCUT2D eigenvalue weighted by Gasteiger charge is -1.96. The molecule has 0 bridgehead atoms. The van der Waals surface area contributed by atoms with Crippen LogP contribution >= 0.6 is 11.3 Å². The molecule has 2 N–H and O–H groups in total. The molecule has 3 heteroatoms. The van der Waals surface area contributed by atoms with Gasteiger partial charge in [-0.15, -0.1) is 0 Å². The van der Waals surface area contributed by atoms with Crippen LogP contribution in [0.2, 0.25) is 0 Å². The summed E-state index contributed by atoms with van der Waals surface area (Å²) in [5.74, 6) is 0.791. The molecule has 0 saturated heterocycles. The molecule has 3 rings (SSSR count). The summed E-state index contributed by atoms with van der Waals surface area (Å²) in [6.07, 6.45) is 2.41. The molecular weight excluding hydrogens is 192 g/mol. The van der Waals surface area contributed by atoms with Crippen LogP contribution in [0, 0.1) is 5.92 Å². The van der Waals surface area contributed by atoms with Gasteiger partial charge >= 0.3 is 0 Å². The minimum absolute atomic E-state index is 0.678. The molecule has 0 amide bonds. The lowest BCUT2D eigenvalue weighted by atomic mass is 10.1. The zero-order chi connectivity index (χ0) is 9.71. The molecule has 1 aromatic heterocycles. The average molecular weight is 204 g/mol. The number of nitrogens with zero attached hydrogens (tertiary/aromatic N) is 1. The number of rotatable bonds is 0. The Hall–Kier alpha value is -1.09. The minimum atomic E-state index is 0.678. The summed E-state index contributed by atoms with van der Waals surface area (Å²) in [4.78, 5) is 4.31. The van der Waals surface area contributed by atoms with Crippen LogP contribution in [0.4, 0.5) is 5.13 Å². The molecular formula is C11H12N2S. The van der Waals surface area contributed by atoms with E-state index in [9.17, 15) is 0 Å². The molecule has 1 unspecified atom stereocenters. The van der Waals surface area contributed by atoms with Crippen LogP contribution < -0.4 is 5.73 Å². The zero-order valence-electron chi connectivity index (χ0n) is 8.08. The lowest BCUT2D eigenvalue weighted by Crippen LogP contribution is -1.89. The van der Waals surface area contributed by atoms with Gasteiger partial charge in [0.25, 0.3) is 0 Å². The van der Waals surface area contributed by atoms with Gasteiger partial charge in [0.2, 0.25) is 0 Å². The highest BCUT2D eigenvalue weighted by molar-refractivity contribution is 7.22. The number of benzene rings is 1. The van der Waals surface area contributed by atoms with E-state index in [1.807, 2.05) is 0 Å². The smallest absolute Gasteiger partial charge is 0.181 e. The maximum absolute atomic E-state index is 5.68. The molecule has 14 heavy (non-hydrogen) atoms. The van der Waals surface area contributed by atoms with Crippen molar-refractivity contribution in [3.8, 4) is 0 Å². The van der Waals surface area contributed by atoms with Crippen LogP contribution in [-0.2, 0) is 12.8 Å². The van der Waals surface area contributed by atoms with Crippen molar-refractivity contribution >= 4 is 26.7 Å². The molecule has 1 aliphatic carbocycles. The van der Waals surface area contributed by atoms with Crippen molar-refractivity contribution in [2.75, 3.05) is 5.73 Å². The van der Waals surface area contributed by atoms with Gasteiger partial charge in [0.15, 0.2) is 5.13 Å². The number of fused-ring (bicyclic) bond motifs is 2. The first kappa shape index (κ1) is 8.24. The first-order valence-electron chi connectivity index (χ1n) is 4.90. The second kappa shape index (κ2) is 2.70. The molecule has 1 aliphatic rings. The highest BCUT2D eigenvalue weighted by Crippen LogP contribution is 2.33. The maximum atomic E-state index is 5.68. The Labute approximate surface area is 86.8 Å². The van der Waals surface area contributed by atoms with Crippen LogP contribution in [0.3, 0.4) is 0 Å². The van der Waals surface area contributed by atoms with E-state index in [1.54, 1.807) is 11.3 Å². The molecule has 0 aliphatic heterocycles. The third kappa shape index (κ3) is 1.12. The summed E-state index contributed by atoms with van der Waals surface area (Å²) < 4.78 is 1.23. The van der Waals surface area contributed by atoms with E-state index in [2.05, 4.69) is 24.0 Å². The van der Waals surface area contributed by atoms with Gasteiger partial charge in [-0.2, -0.15) is 0 Å². The number of anilines is 1. The number of aromatic nitrogens is 1.